The lowest BCUT2D eigenvalue weighted by Gasteiger charge is -2.54. The number of ether oxygens (including phenoxy) is 1. The van der Waals surface area contributed by atoms with Crippen molar-refractivity contribution < 1.29 is 19.4 Å². The Kier molecular flexibility index (Phi) is 5.11. The maximum atomic E-state index is 12.6. The third-order valence-corrected chi connectivity index (χ3v) is 5.49. The average molecular weight is 346 g/mol. The van der Waals surface area contributed by atoms with Crippen molar-refractivity contribution in [1.29, 1.82) is 0 Å². The molecule has 1 heterocycles. The number of hydrogen-bond donors (Lipinski definition) is 2. The Labute approximate surface area is 147 Å². The number of carbonyl (C=O) groups excluding carboxylic acids is 2. The average Bonchev–Trinajstić information content (AvgIpc) is 2.60. The van der Waals surface area contributed by atoms with Crippen LogP contribution in [0.3, 0.4) is 0 Å². The largest absolute Gasteiger partial charge is 0.391 e. The minimum absolute atomic E-state index is 0.0568. The molecule has 2 fully saturated rings. The molecule has 1 aromatic rings. The second-order valence-electron chi connectivity index (χ2n) is 7.30. The summed E-state index contributed by atoms with van der Waals surface area (Å²) in [5, 5.41) is 9.73. The summed E-state index contributed by atoms with van der Waals surface area (Å²) in [6, 6.07) is 9.12. The van der Waals surface area contributed by atoms with Crippen LogP contribution >= 0.6 is 0 Å². The zero-order valence-corrected chi connectivity index (χ0v) is 14.6. The van der Waals surface area contributed by atoms with Gasteiger partial charge in [0.1, 0.15) is 6.04 Å². The number of nitrogens with zero attached hydrogens (tertiary/aromatic N) is 1. The summed E-state index contributed by atoms with van der Waals surface area (Å²) < 4.78 is 5.98. The molecule has 1 saturated heterocycles. The molecule has 1 aromatic carbocycles. The van der Waals surface area contributed by atoms with Crippen molar-refractivity contribution >= 4 is 11.8 Å². The van der Waals surface area contributed by atoms with E-state index < -0.39 is 23.5 Å². The fourth-order valence-electron chi connectivity index (χ4n) is 4.03. The van der Waals surface area contributed by atoms with E-state index in [0.29, 0.717) is 13.2 Å². The number of amides is 2. The highest BCUT2D eigenvalue weighted by atomic mass is 16.5. The smallest absolute Gasteiger partial charge is 0.242 e. The molecule has 1 spiro atoms. The molecule has 6 nitrogen and oxygen atoms in total. The van der Waals surface area contributed by atoms with Gasteiger partial charge in [0.05, 0.1) is 24.2 Å². The van der Waals surface area contributed by atoms with Crippen LogP contribution in [-0.4, -0.2) is 46.6 Å². The van der Waals surface area contributed by atoms with Gasteiger partial charge in [0, 0.05) is 6.54 Å². The predicted octanol–water partition coefficient (Wildman–Crippen LogP) is 1.21. The van der Waals surface area contributed by atoms with Crippen molar-refractivity contribution in [3.8, 4) is 0 Å². The summed E-state index contributed by atoms with van der Waals surface area (Å²) in [5.74, 6) is -0.711. The second-order valence-corrected chi connectivity index (χ2v) is 7.30. The summed E-state index contributed by atoms with van der Waals surface area (Å²) in [6.07, 6.45) is 2.39. The quantitative estimate of drug-likeness (QED) is 0.757. The van der Waals surface area contributed by atoms with Crippen LogP contribution in [0.5, 0.6) is 0 Å². The first kappa shape index (κ1) is 17.9. The molecule has 1 aliphatic carbocycles. The molecular weight excluding hydrogens is 320 g/mol. The number of hydrogen-bond acceptors (Lipinski definition) is 4. The topological polar surface area (TPSA) is 92.9 Å². The van der Waals surface area contributed by atoms with Gasteiger partial charge in [0.15, 0.2) is 0 Å². The first-order valence-electron chi connectivity index (χ1n) is 8.87. The van der Waals surface area contributed by atoms with E-state index in [2.05, 4.69) is 0 Å². The Balaban J connectivity index is 1.51. The van der Waals surface area contributed by atoms with Gasteiger partial charge >= 0.3 is 0 Å². The van der Waals surface area contributed by atoms with Gasteiger partial charge in [-0.1, -0.05) is 30.3 Å². The van der Waals surface area contributed by atoms with Gasteiger partial charge in [0.2, 0.25) is 11.8 Å². The fourth-order valence-corrected chi connectivity index (χ4v) is 4.03. The fraction of sp³-hybridized carbons (Fsp3) is 0.579. The molecule has 136 valence electrons. The van der Waals surface area contributed by atoms with E-state index in [1.807, 2.05) is 30.3 Å². The summed E-state index contributed by atoms with van der Waals surface area (Å²) in [4.78, 5) is 25.6. The van der Waals surface area contributed by atoms with Crippen molar-refractivity contribution in [3.05, 3.63) is 35.9 Å². The lowest BCUT2D eigenvalue weighted by atomic mass is 9.66. The molecule has 3 rings (SSSR count). The van der Waals surface area contributed by atoms with E-state index in [0.717, 1.165) is 31.2 Å². The van der Waals surface area contributed by atoms with E-state index in [1.54, 1.807) is 0 Å². The van der Waals surface area contributed by atoms with Crippen LogP contribution in [0, 0.1) is 5.41 Å². The highest BCUT2D eigenvalue weighted by Gasteiger charge is 2.56. The monoisotopic (exact) mass is 346 g/mol. The SMILES string of the molecule is C[C@@H](O)C(C(N)=O)N1CC2(CCC(OCc3ccccc3)CC2)C1=O. The van der Waals surface area contributed by atoms with Crippen molar-refractivity contribution in [2.45, 2.75) is 57.5 Å². The minimum Gasteiger partial charge on any atom is -0.391 e. The normalized spacial score (nSPS) is 28.5. The Morgan fingerprint density at radius 2 is 2.00 bits per heavy atom. The standard InChI is InChI=1S/C19H26N2O4/c1-13(22)16(17(20)23)21-12-19(18(21)24)9-7-15(8-10-19)25-11-14-5-3-2-4-6-14/h2-6,13,15-16,22H,7-12H2,1H3,(H2,20,23)/t13-,15?,16?,19?/m1/s1. The molecule has 2 atom stereocenters. The molecule has 2 amide bonds. The Bertz CT molecular complexity index is 624. The number of aliphatic hydroxyl groups is 1. The van der Waals surface area contributed by atoms with Crippen LogP contribution in [0.1, 0.15) is 38.2 Å². The second kappa shape index (κ2) is 7.14. The molecular formula is C19H26N2O4. The minimum atomic E-state index is -0.954. The van der Waals surface area contributed by atoms with Crippen molar-refractivity contribution in [2.24, 2.45) is 11.1 Å². The van der Waals surface area contributed by atoms with Crippen molar-refractivity contribution in [1.82, 2.24) is 4.90 Å². The molecule has 1 unspecified atom stereocenters. The van der Waals surface area contributed by atoms with Gasteiger partial charge < -0.3 is 20.5 Å². The third-order valence-electron chi connectivity index (χ3n) is 5.49. The molecule has 0 aromatic heterocycles. The summed E-state index contributed by atoms with van der Waals surface area (Å²) in [5.41, 5.74) is 6.09. The Hall–Kier alpha value is -1.92. The summed E-state index contributed by atoms with van der Waals surface area (Å²) in [7, 11) is 0. The van der Waals surface area contributed by atoms with Crippen LogP contribution in [-0.2, 0) is 20.9 Å². The highest BCUT2D eigenvalue weighted by Crippen LogP contribution is 2.46. The number of aliphatic hydroxyl groups excluding tert-OH is 1. The zero-order chi connectivity index (χ0) is 18.0. The van der Waals surface area contributed by atoms with Crippen LogP contribution in [0.4, 0.5) is 0 Å². The number of nitrogens with two attached hydrogens (primary N) is 1. The summed E-state index contributed by atoms with van der Waals surface area (Å²) >= 11 is 0. The number of carbonyl (C=O) groups is 2. The number of benzene rings is 1. The molecule has 1 aliphatic heterocycles. The number of primary amides is 1. The van der Waals surface area contributed by atoms with Crippen molar-refractivity contribution in [3.63, 3.8) is 0 Å². The molecule has 6 heteroatoms. The van der Waals surface area contributed by atoms with Gasteiger partial charge in [-0.05, 0) is 38.2 Å². The van der Waals surface area contributed by atoms with Crippen molar-refractivity contribution in [2.75, 3.05) is 6.54 Å². The van der Waals surface area contributed by atoms with Crippen LogP contribution < -0.4 is 5.73 Å². The first-order valence-corrected chi connectivity index (χ1v) is 8.87. The number of rotatable bonds is 6. The van der Waals surface area contributed by atoms with E-state index in [9.17, 15) is 14.7 Å². The molecule has 0 radical (unpaired) electrons. The van der Waals surface area contributed by atoms with E-state index in [1.165, 1.54) is 11.8 Å². The molecule has 3 N–H and O–H groups in total. The molecule has 0 bridgehead atoms. The molecule has 2 aliphatic rings. The Morgan fingerprint density at radius 3 is 2.52 bits per heavy atom. The maximum absolute atomic E-state index is 12.6. The van der Waals surface area contributed by atoms with Gasteiger partial charge in [-0.2, -0.15) is 0 Å². The van der Waals surface area contributed by atoms with Crippen LogP contribution in [0.2, 0.25) is 0 Å². The van der Waals surface area contributed by atoms with E-state index in [4.69, 9.17) is 10.5 Å². The highest BCUT2D eigenvalue weighted by molar-refractivity contribution is 5.94. The summed E-state index contributed by atoms with van der Waals surface area (Å²) in [6.45, 7) is 2.57. The van der Waals surface area contributed by atoms with Gasteiger partial charge in [-0.25, -0.2) is 0 Å². The number of β-lactam (4-membered cyclic amide) rings is 1. The molecule has 25 heavy (non-hydrogen) atoms. The zero-order valence-electron chi connectivity index (χ0n) is 14.6. The predicted molar refractivity (Wildman–Crippen MR) is 92.3 cm³/mol. The lowest BCUT2D eigenvalue weighted by Crippen LogP contribution is -2.69. The maximum Gasteiger partial charge on any atom is 0.242 e. The van der Waals surface area contributed by atoms with Crippen LogP contribution in [0.25, 0.3) is 0 Å². The van der Waals surface area contributed by atoms with E-state index >= 15 is 0 Å². The lowest BCUT2D eigenvalue weighted by molar-refractivity contribution is -0.177. The van der Waals surface area contributed by atoms with Gasteiger partial charge in [-0.15, -0.1) is 0 Å². The third kappa shape index (κ3) is 3.55. The van der Waals surface area contributed by atoms with Gasteiger partial charge in [0.25, 0.3) is 0 Å². The van der Waals surface area contributed by atoms with Crippen LogP contribution in [0.15, 0.2) is 30.3 Å². The van der Waals surface area contributed by atoms with Gasteiger partial charge in [-0.3, -0.25) is 9.59 Å². The molecule has 1 saturated carbocycles. The first-order chi connectivity index (χ1) is 11.9. The number of likely N-dealkylation sites (tertiary alicyclic amines) is 1. The Morgan fingerprint density at radius 1 is 1.36 bits per heavy atom. The van der Waals surface area contributed by atoms with E-state index in [-0.39, 0.29) is 12.0 Å².